The van der Waals surface area contributed by atoms with Gasteiger partial charge in [-0.2, -0.15) is 9.40 Å². The first kappa shape index (κ1) is 17.4. The second kappa shape index (κ2) is 5.99. The van der Waals surface area contributed by atoms with Gasteiger partial charge in [-0.1, -0.05) is 12.1 Å². The molecule has 0 spiro atoms. The molecule has 1 saturated heterocycles. The highest BCUT2D eigenvalue weighted by atomic mass is 32.2. The predicted octanol–water partition coefficient (Wildman–Crippen LogP) is 1.64. The number of hydrogen-bond donors (Lipinski definition) is 0. The van der Waals surface area contributed by atoms with Crippen molar-refractivity contribution in [2.24, 2.45) is 7.05 Å². The van der Waals surface area contributed by atoms with Crippen LogP contribution < -0.4 is 9.64 Å². The third-order valence-corrected chi connectivity index (χ3v) is 6.89. The molecule has 0 N–H and O–H groups in total. The van der Waals surface area contributed by atoms with Gasteiger partial charge in [0.2, 0.25) is 10.0 Å². The van der Waals surface area contributed by atoms with Gasteiger partial charge in [-0.05, 0) is 25.5 Å². The highest BCUT2D eigenvalue weighted by molar-refractivity contribution is 7.89. The van der Waals surface area contributed by atoms with Gasteiger partial charge < -0.3 is 9.64 Å². The number of fused-ring (bicyclic) bond motifs is 1. The quantitative estimate of drug-likeness (QED) is 0.815. The van der Waals surface area contributed by atoms with Crippen LogP contribution in [0.15, 0.2) is 35.5 Å². The van der Waals surface area contributed by atoms with Crippen LogP contribution >= 0.6 is 0 Å². The molecule has 0 bridgehead atoms. The maximum Gasteiger partial charge on any atom is 0.246 e. The summed E-state index contributed by atoms with van der Waals surface area (Å²) >= 11 is 0. The maximum atomic E-state index is 13.2. The molecule has 26 heavy (non-hydrogen) atoms. The van der Waals surface area contributed by atoms with E-state index >= 15 is 0 Å². The number of nitrogens with zero attached hydrogens (tertiary/aromatic N) is 4. The Morgan fingerprint density at radius 1 is 1.15 bits per heavy atom. The molecule has 1 fully saturated rings. The summed E-state index contributed by atoms with van der Waals surface area (Å²) in [6.45, 7) is 6.15. The fourth-order valence-electron chi connectivity index (χ4n) is 3.69. The molecule has 140 valence electrons. The molecule has 0 aliphatic carbocycles. The van der Waals surface area contributed by atoms with Gasteiger partial charge in [0.25, 0.3) is 0 Å². The molecule has 0 radical (unpaired) electrons. The molecular formula is C18H24N4O3S. The maximum absolute atomic E-state index is 13.2. The van der Waals surface area contributed by atoms with E-state index in [1.165, 1.54) is 0 Å². The molecule has 0 unspecified atom stereocenters. The van der Waals surface area contributed by atoms with Crippen molar-refractivity contribution in [1.29, 1.82) is 0 Å². The van der Waals surface area contributed by atoms with E-state index in [2.05, 4.69) is 10.00 Å². The number of anilines is 1. The summed E-state index contributed by atoms with van der Waals surface area (Å²) in [5, 5.41) is 4.19. The third-order valence-electron chi connectivity index (χ3n) is 4.97. The van der Waals surface area contributed by atoms with E-state index in [1.54, 1.807) is 15.1 Å². The molecule has 2 aromatic rings. The zero-order valence-electron chi connectivity index (χ0n) is 15.3. The first-order valence-corrected chi connectivity index (χ1v) is 10.2. The zero-order chi connectivity index (χ0) is 18.5. The van der Waals surface area contributed by atoms with Crippen LogP contribution in [0.3, 0.4) is 0 Å². The summed E-state index contributed by atoms with van der Waals surface area (Å²) in [4.78, 5) is 2.45. The molecule has 0 saturated carbocycles. The smallest absolute Gasteiger partial charge is 0.246 e. The van der Waals surface area contributed by atoms with Gasteiger partial charge in [-0.25, -0.2) is 8.42 Å². The van der Waals surface area contributed by atoms with E-state index in [4.69, 9.17) is 4.74 Å². The van der Waals surface area contributed by atoms with Crippen molar-refractivity contribution < 1.29 is 13.2 Å². The Hall–Kier alpha value is -2.06. The van der Waals surface area contributed by atoms with E-state index < -0.39 is 10.0 Å². The first-order chi connectivity index (χ1) is 12.3. The number of ether oxygens (including phenoxy) is 1. The van der Waals surface area contributed by atoms with Crippen LogP contribution in [0.4, 0.5) is 5.69 Å². The fourth-order valence-corrected chi connectivity index (χ4v) is 5.27. The molecule has 7 nitrogen and oxygen atoms in total. The Labute approximate surface area is 154 Å². The largest absolute Gasteiger partial charge is 0.486 e. The van der Waals surface area contributed by atoms with Crippen LogP contribution in [0.25, 0.3) is 0 Å². The number of para-hydroxylation sites is 1. The van der Waals surface area contributed by atoms with Crippen molar-refractivity contribution in [3.05, 3.63) is 36.2 Å². The monoisotopic (exact) mass is 376 g/mol. The SMILES string of the molecule is Cn1cc(N2CCN(S(=O)(=O)c3cccc4c3OC(C)(C)C4)CC2)cn1. The number of piperazine rings is 1. The third kappa shape index (κ3) is 2.97. The molecule has 4 rings (SSSR count). The highest BCUT2D eigenvalue weighted by Crippen LogP contribution is 2.40. The predicted molar refractivity (Wildman–Crippen MR) is 99.0 cm³/mol. The Bertz CT molecular complexity index is 928. The molecule has 2 aliphatic heterocycles. The second-order valence-corrected chi connectivity index (χ2v) is 9.45. The van der Waals surface area contributed by atoms with Gasteiger partial charge >= 0.3 is 0 Å². The number of rotatable bonds is 3. The Kier molecular flexibility index (Phi) is 4.00. The van der Waals surface area contributed by atoms with Gasteiger partial charge in [-0.15, -0.1) is 0 Å². The van der Waals surface area contributed by atoms with Crippen molar-refractivity contribution in [2.45, 2.75) is 30.8 Å². The lowest BCUT2D eigenvalue weighted by Gasteiger charge is -2.34. The number of aryl methyl sites for hydroxylation is 1. The lowest BCUT2D eigenvalue weighted by Crippen LogP contribution is -2.48. The molecular weight excluding hydrogens is 352 g/mol. The van der Waals surface area contributed by atoms with Crippen molar-refractivity contribution >= 4 is 15.7 Å². The van der Waals surface area contributed by atoms with Crippen LogP contribution in [0.2, 0.25) is 0 Å². The number of benzene rings is 1. The van der Waals surface area contributed by atoms with Crippen molar-refractivity contribution in [2.75, 3.05) is 31.1 Å². The van der Waals surface area contributed by atoms with E-state index in [0.717, 1.165) is 17.7 Å². The minimum absolute atomic E-state index is 0.287. The van der Waals surface area contributed by atoms with Crippen LogP contribution in [-0.4, -0.2) is 54.3 Å². The van der Waals surface area contributed by atoms with E-state index in [9.17, 15) is 8.42 Å². The summed E-state index contributed by atoms with van der Waals surface area (Å²) in [7, 11) is -1.70. The van der Waals surface area contributed by atoms with E-state index in [0.29, 0.717) is 31.9 Å². The zero-order valence-corrected chi connectivity index (χ0v) is 16.2. The van der Waals surface area contributed by atoms with Gasteiger partial charge in [0.05, 0.1) is 11.9 Å². The molecule has 1 aromatic carbocycles. The van der Waals surface area contributed by atoms with Crippen molar-refractivity contribution in [3.63, 3.8) is 0 Å². The minimum Gasteiger partial charge on any atom is -0.486 e. The van der Waals surface area contributed by atoms with Crippen LogP contribution in [0.1, 0.15) is 19.4 Å². The topological polar surface area (TPSA) is 67.7 Å². The second-order valence-electron chi connectivity index (χ2n) is 7.55. The Morgan fingerprint density at radius 2 is 1.88 bits per heavy atom. The molecule has 8 heteroatoms. The molecule has 0 amide bonds. The van der Waals surface area contributed by atoms with Crippen LogP contribution in [-0.2, 0) is 23.5 Å². The molecule has 0 atom stereocenters. The minimum atomic E-state index is -3.58. The Balaban J connectivity index is 1.55. The van der Waals surface area contributed by atoms with Gasteiger partial charge in [-0.3, -0.25) is 4.68 Å². The summed E-state index contributed by atoms with van der Waals surface area (Å²) in [5.74, 6) is 0.521. The van der Waals surface area contributed by atoms with Crippen LogP contribution in [0.5, 0.6) is 5.75 Å². The number of hydrogen-bond acceptors (Lipinski definition) is 5. The lowest BCUT2D eigenvalue weighted by atomic mass is 10.0. The number of sulfonamides is 1. The molecule has 3 heterocycles. The average Bonchev–Trinajstić information content (AvgIpc) is 3.15. The van der Waals surface area contributed by atoms with E-state index in [1.807, 2.05) is 45.4 Å². The summed E-state index contributed by atoms with van der Waals surface area (Å²) in [6, 6.07) is 5.41. The average molecular weight is 376 g/mol. The van der Waals surface area contributed by atoms with Crippen LogP contribution in [0, 0.1) is 0 Å². The summed E-state index contributed by atoms with van der Waals surface area (Å²) in [5.41, 5.74) is 1.62. The molecule has 2 aliphatic rings. The normalized spacial score (nSPS) is 20.0. The lowest BCUT2D eigenvalue weighted by molar-refractivity contribution is 0.134. The summed E-state index contributed by atoms with van der Waals surface area (Å²) < 4.78 is 35.7. The fraction of sp³-hybridized carbons (Fsp3) is 0.500. The first-order valence-electron chi connectivity index (χ1n) is 8.81. The van der Waals surface area contributed by atoms with Crippen molar-refractivity contribution in [3.8, 4) is 5.75 Å². The highest BCUT2D eigenvalue weighted by Gasteiger charge is 2.37. The van der Waals surface area contributed by atoms with Gasteiger partial charge in [0, 0.05) is 45.8 Å². The number of aromatic nitrogens is 2. The van der Waals surface area contributed by atoms with E-state index in [-0.39, 0.29) is 10.5 Å². The molecule has 1 aromatic heterocycles. The standard InChI is InChI=1S/C18H24N4O3S/c1-18(2)11-14-5-4-6-16(17(14)25-18)26(23,24)22-9-7-21(8-10-22)15-12-19-20(3)13-15/h4-6,12-13H,7-11H2,1-3H3. The van der Waals surface area contributed by atoms with Crippen molar-refractivity contribution in [1.82, 2.24) is 14.1 Å². The summed E-state index contributed by atoms with van der Waals surface area (Å²) in [6.07, 6.45) is 4.48. The Morgan fingerprint density at radius 3 is 2.54 bits per heavy atom. The van der Waals surface area contributed by atoms with Gasteiger partial charge in [0.15, 0.2) is 0 Å². The van der Waals surface area contributed by atoms with Gasteiger partial charge in [0.1, 0.15) is 16.2 Å².